The van der Waals surface area contributed by atoms with Gasteiger partial charge in [-0.25, -0.2) is 9.59 Å². The number of hydrogen-bond donors (Lipinski definition) is 0. The van der Waals surface area contributed by atoms with E-state index in [0.717, 1.165) is 12.8 Å². The molecule has 0 N–H and O–H groups in total. The molecule has 0 spiro atoms. The summed E-state index contributed by atoms with van der Waals surface area (Å²) in [4.78, 5) is 21.6. The van der Waals surface area contributed by atoms with E-state index < -0.39 is 11.9 Å². The van der Waals surface area contributed by atoms with Crippen LogP contribution in [0.1, 0.15) is 26.7 Å². The van der Waals surface area contributed by atoms with Crippen LogP contribution in [0.3, 0.4) is 0 Å². The van der Waals surface area contributed by atoms with Crippen molar-refractivity contribution in [3.05, 3.63) is 11.6 Å². The van der Waals surface area contributed by atoms with Gasteiger partial charge in [0.1, 0.15) is 0 Å². The SMILES string of the molecule is CCCC(C)C1=CC(=O)OC1=O. The maximum Gasteiger partial charge on any atom is 0.342 e. The molecule has 3 nitrogen and oxygen atoms in total. The first-order valence-electron chi connectivity index (χ1n) is 4.13. The lowest BCUT2D eigenvalue weighted by Gasteiger charge is -2.06. The number of carbonyl (C=O) groups is 2. The van der Waals surface area contributed by atoms with E-state index in [9.17, 15) is 9.59 Å². The second kappa shape index (κ2) is 3.52. The predicted molar refractivity (Wildman–Crippen MR) is 43.3 cm³/mol. The maximum absolute atomic E-state index is 11.0. The van der Waals surface area contributed by atoms with Gasteiger partial charge in [0.15, 0.2) is 0 Å². The molecule has 1 atom stereocenters. The van der Waals surface area contributed by atoms with Crippen molar-refractivity contribution in [1.29, 1.82) is 0 Å². The first-order valence-corrected chi connectivity index (χ1v) is 4.13. The number of esters is 2. The van der Waals surface area contributed by atoms with E-state index in [-0.39, 0.29) is 5.92 Å². The van der Waals surface area contributed by atoms with Crippen molar-refractivity contribution < 1.29 is 14.3 Å². The lowest BCUT2D eigenvalue weighted by Crippen LogP contribution is -2.08. The fourth-order valence-corrected chi connectivity index (χ4v) is 1.30. The lowest BCUT2D eigenvalue weighted by atomic mass is 9.97. The molecule has 1 rings (SSSR count). The Balaban J connectivity index is 2.67. The number of rotatable bonds is 3. The maximum atomic E-state index is 11.0. The molecule has 0 bridgehead atoms. The predicted octanol–water partition coefficient (Wildman–Crippen LogP) is 1.43. The smallest absolute Gasteiger partial charge is 0.342 e. The Kier molecular flexibility index (Phi) is 2.63. The highest BCUT2D eigenvalue weighted by molar-refractivity contribution is 6.09. The highest BCUT2D eigenvalue weighted by Gasteiger charge is 2.27. The summed E-state index contributed by atoms with van der Waals surface area (Å²) in [5.74, 6) is -0.868. The largest absolute Gasteiger partial charge is 0.386 e. The zero-order valence-electron chi connectivity index (χ0n) is 7.29. The zero-order chi connectivity index (χ0) is 9.14. The standard InChI is InChI=1S/C9H12O3/c1-3-4-6(2)7-5-8(10)12-9(7)11/h5-6H,3-4H2,1-2H3. The molecule has 1 aliphatic rings. The molecule has 0 aliphatic carbocycles. The molecule has 0 fully saturated rings. The summed E-state index contributed by atoms with van der Waals surface area (Å²) < 4.78 is 4.37. The second-order valence-corrected chi connectivity index (χ2v) is 3.00. The Hall–Kier alpha value is -1.12. The fourth-order valence-electron chi connectivity index (χ4n) is 1.30. The fraction of sp³-hybridized carbons (Fsp3) is 0.556. The van der Waals surface area contributed by atoms with Crippen LogP contribution in [0.15, 0.2) is 11.6 Å². The minimum Gasteiger partial charge on any atom is -0.386 e. The van der Waals surface area contributed by atoms with Gasteiger partial charge in [-0.3, -0.25) is 0 Å². The van der Waals surface area contributed by atoms with Crippen molar-refractivity contribution in [2.75, 3.05) is 0 Å². The van der Waals surface area contributed by atoms with Crippen LogP contribution in [0.2, 0.25) is 0 Å². The summed E-state index contributed by atoms with van der Waals surface area (Å²) in [6.45, 7) is 3.97. The second-order valence-electron chi connectivity index (χ2n) is 3.00. The van der Waals surface area contributed by atoms with Crippen LogP contribution in [0, 0.1) is 5.92 Å². The molecule has 12 heavy (non-hydrogen) atoms. The Morgan fingerprint density at radius 2 is 2.17 bits per heavy atom. The van der Waals surface area contributed by atoms with Gasteiger partial charge in [-0.2, -0.15) is 0 Å². The molecule has 3 heteroatoms. The zero-order valence-corrected chi connectivity index (χ0v) is 7.29. The van der Waals surface area contributed by atoms with E-state index in [1.54, 1.807) is 0 Å². The molecule has 0 amide bonds. The number of cyclic esters (lactones) is 2. The van der Waals surface area contributed by atoms with Gasteiger partial charge in [-0.05, 0) is 12.3 Å². The molecule has 1 unspecified atom stereocenters. The normalized spacial score (nSPS) is 19.0. The first kappa shape index (κ1) is 8.97. The third kappa shape index (κ3) is 1.72. The topological polar surface area (TPSA) is 43.4 Å². The number of carbonyl (C=O) groups excluding carboxylic acids is 2. The first-order chi connectivity index (χ1) is 5.65. The average molecular weight is 168 g/mol. The molecule has 1 heterocycles. The van der Waals surface area contributed by atoms with Gasteiger partial charge in [-0.15, -0.1) is 0 Å². The molecule has 0 saturated carbocycles. The Morgan fingerprint density at radius 3 is 2.58 bits per heavy atom. The van der Waals surface area contributed by atoms with Crippen LogP contribution < -0.4 is 0 Å². The summed E-state index contributed by atoms with van der Waals surface area (Å²) in [5.41, 5.74) is 0.516. The summed E-state index contributed by atoms with van der Waals surface area (Å²) in [6.07, 6.45) is 3.21. The molecule has 0 aromatic rings. The van der Waals surface area contributed by atoms with E-state index >= 15 is 0 Å². The summed E-state index contributed by atoms with van der Waals surface area (Å²) in [7, 11) is 0. The summed E-state index contributed by atoms with van der Waals surface area (Å²) in [5, 5.41) is 0. The lowest BCUT2D eigenvalue weighted by molar-refractivity contribution is -0.150. The van der Waals surface area contributed by atoms with E-state index in [1.807, 2.05) is 13.8 Å². The molecule has 0 radical (unpaired) electrons. The molecule has 66 valence electrons. The van der Waals surface area contributed by atoms with E-state index in [4.69, 9.17) is 0 Å². The van der Waals surface area contributed by atoms with Crippen LogP contribution in [-0.2, 0) is 14.3 Å². The van der Waals surface area contributed by atoms with Crippen molar-refractivity contribution in [3.8, 4) is 0 Å². The Morgan fingerprint density at radius 1 is 1.50 bits per heavy atom. The number of ether oxygens (including phenoxy) is 1. The Labute approximate surface area is 71.4 Å². The van der Waals surface area contributed by atoms with E-state index in [2.05, 4.69) is 4.74 Å². The summed E-state index contributed by atoms with van der Waals surface area (Å²) in [6, 6.07) is 0. The van der Waals surface area contributed by atoms with Gasteiger partial charge in [0.25, 0.3) is 0 Å². The Bertz CT molecular complexity index is 240. The highest BCUT2D eigenvalue weighted by atomic mass is 16.6. The van der Waals surface area contributed by atoms with Gasteiger partial charge >= 0.3 is 11.9 Å². The van der Waals surface area contributed by atoms with E-state index in [0.29, 0.717) is 5.57 Å². The molecule has 0 aromatic heterocycles. The monoisotopic (exact) mass is 168 g/mol. The van der Waals surface area contributed by atoms with Crippen LogP contribution in [0.5, 0.6) is 0 Å². The van der Waals surface area contributed by atoms with Crippen LogP contribution in [0.4, 0.5) is 0 Å². The van der Waals surface area contributed by atoms with Crippen LogP contribution in [0.25, 0.3) is 0 Å². The molecule has 0 saturated heterocycles. The van der Waals surface area contributed by atoms with Crippen molar-refractivity contribution in [3.63, 3.8) is 0 Å². The average Bonchev–Trinajstić information content (AvgIpc) is 2.30. The minimum absolute atomic E-state index is 0.133. The molecule has 1 aliphatic heterocycles. The van der Waals surface area contributed by atoms with Gasteiger partial charge in [-0.1, -0.05) is 20.3 Å². The van der Waals surface area contributed by atoms with Crippen molar-refractivity contribution in [2.24, 2.45) is 5.92 Å². The molecular formula is C9H12O3. The quantitative estimate of drug-likeness (QED) is 0.473. The van der Waals surface area contributed by atoms with Crippen molar-refractivity contribution in [1.82, 2.24) is 0 Å². The van der Waals surface area contributed by atoms with Crippen LogP contribution in [-0.4, -0.2) is 11.9 Å². The van der Waals surface area contributed by atoms with Crippen molar-refractivity contribution in [2.45, 2.75) is 26.7 Å². The van der Waals surface area contributed by atoms with Gasteiger partial charge in [0, 0.05) is 11.6 Å². The van der Waals surface area contributed by atoms with Crippen molar-refractivity contribution >= 4 is 11.9 Å². The molecule has 0 aromatic carbocycles. The van der Waals surface area contributed by atoms with Crippen LogP contribution >= 0.6 is 0 Å². The number of hydrogen-bond acceptors (Lipinski definition) is 3. The third-order valence-electron chi connectivity index (χ3n) is 1.95. The third-order valence-corrected chi connectivity index (χ3v) is 1.95. The van der Waals surface area contributed by atoms with Gasteiger partial charge in [0.05, 0.1) is 0 Å². The molecular weight excluding hydrogens is 156 g/mol. The van der Waals surface area contributed by atoms with Gasteiger partial charge in [0.2, 0.25) is 0 Å². The highest BCUT2D eigenvalue weighted by Crippen LogP contribution is 2.21. The van der Waals surface area contributed by atoms with Gasteiger partial charge < -0.3 is 4.74 Å². The van der Waals surface area contributed by atoms with E-state index in [1.165, 1.54) is 6.08 Å². The minimum atomic E-state index is -0.530. The summed E-state index contributed by atoms with van der Waals surface area (Å²) >= 11 is 0.